The standard InChI is InChI=1S/C30H24N2O8S/c1-4-37-29(36)25-16(3)31-30-32(26(25)17-8-10-22-23(12-17)39-14-38-22)27(33)24(41-30)13-18-9-11-21(40-18)19-6-5-7-20(15(19)2)28(34)35/h5-13,26H,4,14H2,1-3H3,(H,34,35)/b24-13-/t26-/m0/s1. The number of carbonyl (C=O) groups excluding carboxylic acids is 1. The van der Waals surface area contributed by atoms with Gasteiger partial charge in [-0.05, 0) is 62.2 Å². The van der Waals surface area contributed by atoms with Gasteiger partial charge in [0.2, 0.25) is 6.79 Å². The van der Waals surface area contributed by atoms with Crippen LogP contribution in [0.15, 0.2) is 74.0 Å². The first-order chi connectivity index (χ1) is 19.8. The number of fused-ring (bicyclic) bond motifs is 2. The Morgan fingerprint density at radius 2 is 1.95 bits per heavy atom. The van der Waals surface area contributed by atoms with E-state index in [4.69, 9.17) is 18.6 Å². The SMILES string of the molecule is CCOC(=O)C1=C(C)N=c2s/c(=C\c3ccc(-c4cccc(C(=O)O)c4C)o3)c(=O)n2[C@H]1c1ccc2c(c1)OCO2. The fourth-order valence-corrected chi connectivity index (χ4v) is 6.06. The fraction of sp³-hybridized carbons (Fsp3) is 0.200. The molecule has 2 aliphatic rings. The van der Waals surface area contributed by atoms with Gasteiger partial charge in [-0.15, -0.1) is 0 Å². The molecule has 0 unspecified atom stereocenters. The molecule has 10 nitrogen and oxygen atoms in total. The minimum absolute atomic E-state index is 0.0897. The van der Waals surface area contributed by atoms with Crippen molar-refractivity contribution in [2.75, 3.05) is 13.4 Å². The van der Waals surface area contributed by atoms with Crippen LogP contribution >= 0.6 is 11.3 Å². The van der Waals surface area contributed by atoms with E-state index in [9.17, 15) is 19.5 Å². The highest BCUT2D eigenvalue weighted by molar-refractivity contribution is 7.07. The fourth-order valence-electron chi connectivity index (χ4n) is 5.03. The van der Waals surface area contributed by atoms with Crippen LogP contribution in [0.2, 0.25) is 0 Å². The zero-order valence-corrected chi connectivity index (χ0v) is 23.1. The maximum Gasteiger partial charge on any atom is 0.338 e. The number of aromatic carboxylic acids is 1. The zero-order chi connectivity index (χ0) is 28.8. The van der Waals surface area contributed by atoms with Crippen molar-refractivity contribution in [2.24, 2.45) is 4.99 Å². The molecule has 0 radical (unpaired) electrons. The molecule has 0 saturated heterocycles. The number of benzene rings is 2. The quantitative estimate of drug-likeness (QED) is 0.346. The van der Waals surface area contributed by atoms with E-state index >= 15 is 0 Å². The molecule has 0 amide bonds. The van der Waals surface area contributed by atoms with E-state index in [0.29, 0.717) is 54.7 Å². The van der Waals surface area contributed by atoms with E-state index < -0.39 is 18.0 Å². The number of ether oxygens (including phenoxy) is 3. The summed E-state index contributed by atoms with van der Waals surface area (Å²) in [7, 11) is 0. The number of nitrogens with zero attached hydrogens (tertiary/aromatic N) is 2. The lowest BCUT2D eigenvalue weighted by Crippen LogP contribution is -2.39. The second kappa shape index (κ2) is 10.3. The minimum atomic E-state index is -1.02. The van der Waals surface area contributed by atoms with Gasteiger partial charge in [0.25, 0.3) is 5.56 Å². The van der Waals surface area contributed by atoms with E-state index in [2.05, 4.69) is 4.99 Å². The lowest BCUT2D eigenvalue weighted by Gasteiger charge is -2.24. The van der Waals surface area contributed by atoms with Crippen molar-refractivity contribution < 1.29 is 33.3 Å². The molecule has 2 aromatic heterocycles. The Morgan fingerprint density at radius 3 is 2.73 bits per heavy atom. The molecule has 1 N–H and O–H groups in total. The number of allylic oxidation sites excluding steroid dienone is 1. The first-order valence-electron chi connectivity index (χ1n) is 12.8. The molecule has 0 aliphatic carbocycles. The predicted molar refractivity (Wildman–Crippen MR) is 149 cm³/mol. The molecule has 11 heteroatoms. The number of aromatic nitrogens is 1. The molecule has 2 aromatic carbocycles. The highest BCUT2D eigenvalue weighted by Crippen LogP contribution is 2.38. The van der Waals surface area contributed by atoms with Gasteiger partial charge in [0.05, 0.1) is 34.0 Å². The second-order valence-electron chi connectivity index (χ2n) is 9.40. The van der Waals surface area contributed by atoms with Crippen molar-refractivity contribution in [1.82, 2.24) is 4.57 Å². The number of esters is 1. The van der Waals surface area contributed by atoms with Crippen LogP contribution in [-0.2, 0) is 9.53 Å². The molecule has 1 atom stereocenters. The summed E-state index contributed by atoms with van der Waals surface area (Å²) in [4.78, 5) is 43.6. The number of carbonyl (C=O) groups is 2. The first kappa shape index (κ1) is 26.3. The molecule has 2 aliphatic heterocycles. The van der Waals surface area contributed by atoms with Gasteiger partial charge in [0.15, 0.2) is 16.3 Å². The number of rotatable bonds is 6. The monoisotopic (exact) mass is 572 g/mol. The van der Waals surface area contributed by atoms with Crippen molar-refractivity contribution >= 4 is 29.4 Å². The number of carboxylic acid groups (broad SMARTS) is 1. The van der Waals surface area contributed by atoms with Crippen LogP contribution in [0, 0.1) is 6.92 Å². The molecule has 0 saturated carbocycles. The molecule has 0 spiro atoms. The van der Waals surface area contributed by atoms with Gasteiger partial charge >= 0.3 is 11.9 Å². The van der Waals surface area contributed by atoms with E-state index in [-0.39, 0.29) is 30.1 Å². The Kier molecular flexibility index (Phi) is 6.58. The summed E-state index contributed by atoms with van der Waals surface area (Å²) < 4.78 is 24.2. The Bertz CT molecular complexity index is 1940. The van der Waals surface area contributed by atoms with Crippen molar-refractivity contribution in [3.63, 3.8) is 0 Å². The van der Waals surface area contributed by atoms with Gasteiger partial charge in [-0.1, -0.05) is 29.5 Å². The highest BCUT2D eigenvalue weighted by atomic mass is 32.1. The third-order valence-corrected chi connectivity index (χ3v) is 7.94. The Balaban J connectivity index is 1.47. The van der Waals surface area contributed by atoms with Gasteiger partial charge < -0.3 is 23.7 Å². The van der Waals surface area contributed by atoms with Gasteiger partial charge in [-0.25, -0.2) is 14.6 Å². The van der Waals surface area contributed by atoms with Crippen molar-refractivity contribution in [2.45, 2.75) is 26.8 Å². The molecule has 0 fully saturated rings. The van der Waals surface area contributed by atoms with Gasteiger partial charge in [0, 0.05) is 11.6 Å². The van der Waals surface area contributed by atoms with E-state index in [1.165, 1.54) is 22.0 Å². The predicted octanol–water partition coefficient (Wildman–Crippen LogP) is 3.79. The highest BCUT2D eigenvalue weighted by Gasteiger charge is 2.34. The second-order valence-corrected chi connectivity index (χ2v) is 10.4. The Morgan fingerprint density at radius 1 is 1.15 bits per heavy atom. The van der Waals surface area contributed by atoms with Gasteiger partial charge in [-0.3, -0.25) is 9.36 Å². The Hall–Kier alpha value is -4.90. The third-order valence-electron chi connectivity index (χ3n) is 6.96. The molecule has 6 rings (SSSR count). The van der Waals surface area contributed by atoms with Gasteiger partial charge in [-0.2, -0.15) is 0 Å². The number of carboxylic acids is 1. The summed E-state index contributed by atoms with van der Waals surface area (Å²) in [5, 5.41) is 9.47. The lowest BCUT2D eigenvalue weighted by molar-refractivity contribution is -0.139. The number of hydrogen-bond acceptors (Lipinski definition) is 9. The molecular formula is C30H24N2O8S. The summed E-state index contributed by atoms with van der Waals surface area (Å²) >= 11 is 1.17. The summed E-state index contributed by atoms with van der Waals surface area (Å²) in [5.74, 6) is 0.409. The number of thiazole rings is 1. The van der Waals surface area contributed by atoms with Crippen LogP contribution in [0.5, 0.6) is 11.5 Å². The van der Waals surface area contributed by atoms with E-state index in [1.54, 1.807) is 69.3 Å². The summed E-state index contributed by atoms with van der Waals surface area (Å²) in [6.07, 6.45) is 1.61. The minimum Gasteiger partial charge on any atom is -0.478 e. The molecular weight excluding hydrogens is 548 g/mol. The zero-order valence-electron chi connectivity index (χ0n) is 22.3. The van der Waals surface area contributed by atoms with Crippen LogP contribution in [0.1, 0.15) is 47.1 Å². The molecule has 0 bridgehead atoms. The van der Waals surface area contributed by atoms with Crippen LogP contribution in [0.25, 0.3) is 17.4 Å². The van der Waals surface area contributed by atoms with E-state index in [1.807, 2.05) is 0 Å². The summed E-state index contributed by atoms with van der Waals surface area (Å²) in [6, 6.07) is 12.9. The van der Waals surface area contributed by atoms with Crippen LogP contribution < -0.4 is 24.4 Å². The van der Waals surface area contributed by atoms with Crippen molar-refractivity contribution in [3.05, 3.63) is 102 Å². The topological polar surface area (TPSA) is 130 Å². The molecule has 208 valence electrons. The Labute approximate surface area is 237 Å². The summed E-state index contributed by atoms with van der Waals surface area (Å²) in [5.41, 5.74) is 2.41. The number of hydrogen-bond donors (Lipinski definition) is 1. The van der Waals surface area contributed by atoms with Gasteiger partial charge in [0.1, 0.15) is 11.5 Å². The average molecular weight is 573 g/mol. The maximum atomic E-state index is 13.9. The number of furan rings is 1. The lowest BCUT2D eigenvalue weighted by atomic mass is 9.95. The maximum absolute atomic E-state index is 13.9. The first-order valence-corrected chi connectivity index (χ1v) is 13.6. The normalized spacial score (nSPS) is 16.0. The summed E-state index contributed by atoms with van der Waals surface area (Å²) in [6.45, 7) is 5.42. The van der Waals surface area contributed by atoms with Crippen molar-refractivity contribution in [3.8, 4) is 22.8 Å². The van der Waals surface area contributed by atoms with E-state index in [0.717, 1.165) is 0 Å². The largest absolute Gasteiger partial charge is 0.478 e. The van der Waals surface area contributed by atoms with Crippen molar-refractivity contribution in [1.29, 1.82) is 0 Å². The molecule has 4 aromatic rings. The third kappa shape index (κ3) is 4.53. The molecule has 41 heavy (non-hydrogen) atoms. The smallest absolute Gasteiger partial charge is 0.338 e. The van der Waals surface area contributed by atoms with Crippen LogP contribution in [0.3, 0.4) is 0 Å². The van der Waals surface area contributed by atoms with Crippen LogP contribution in [-0.4, -0.2) is 35.0 Å². The molecule has 4 heterocycles. The average Bonchev–Trinajstić information content (AvgIpc) is 3.67. The van der Waals surface area contributed by atoms with Crippen LogP contribution in [0.4, 0.5) is 0 Å².